The van der Waals surface area contributed by atoms with Crippen LogP contribution in [0.5, 0.6) is 5.75 Å². The Morgan fingerprint density at radius 2 is 2.10 bits per heavy atom. The van der Waals surface area contributed by atoms with E-state index < -0.39 is 0 Å². The lowest BCUT2D eigenvalue weighted by Gasteiger charge is -2.16. The van der Waals surface area contributed by atoms with Crippen molar-refractivity contribution in [2.75, 3.05) is 20.2 Å². The lowest BCUT2D eigenvalue weighted by molar-refractivity contribution is -0.129. The number of benzene rings is 1. The Kier molecular flexibility index (Phi) is 5.75. The molecule has 21 heavy (non-hydrogen) atoms. The first-order chi connectivity index (χ1) is 10.2. The summed E-state index contributed by atoms with van der Waals surface area (Å²) in [5.41, 5.74) is 1.00. The molecule has 0 saturated carbocycles. The van der Waals surface area contributed by atoms with Crippen LogP contribution >= 0.6 is 11.3 Å². The molecule has 0 atom stereocenters. The molecule has 2 aromatic rings. The standard InChI is InChI=1S/C16H20N2O2S/c1-3-20-14-6-4-13(5-7-14)12-16(19)18(2)10-8-15-17-9-11-21-15/h4-7,9,11H,3,8,10,12H2,1-2H3. The molecule has 0 N–H and O–H groups in total. The van der Waals surface area contributed by atoms with Gasteiger partial charge < -0.3 is 9.64 Å². The predicted molar refractivity (Wildman–Crippen MR) is 84.8 cm³/mol. The van der Waals surface area contributed by atoms with Gasteiger partial charge >= 0.3 is 0 Å². The highest BCUT2D eigenvalue weighted by Crippen LogP contribution is 2.13. The van der Waals surface area contributed by atoms with Crippen molar-refractivity contribution >= 4 is 17.2 Å². The molecule has 1 aromatic heterocycles. The summed E-state index contributed by atoms with van der Waals surface area (Å²) in [6.07, 6.45) is 3.02. The second-order valence-corrected chi connectivity index (χ2v) is 5.72. The van der Waals surface area contributed by atoms with Crippen LogP contribution in [-0.2, 0) is 17.6 Å². The Morgan fingerprint density at radius 1 is 1.33 bits per heavy atom. The molecule has 5 heteroatoms. The molecule has 0 radical (unpaired) electrons. The molecule has 0 unspecified atom stereocenters. The van der Waals surface area contributed by atoms with Crippen molar-refractivity contribution in [3.8, 4) is 5.75 Å². The van der Waals surface area contributed by atoms with Gasteiger partial charge in [-0.2, -0.15) is 0 Å². The summed E-state index contributed by atoms with van der Waals surface area (Å²) in [6.45, 7) is 3.30. The fraction of sp³-hybridized carbons (Fsp3) is 0.375. The summed E-state index contributed by atoms with van der Waals surface area (Å²) in [7, 11) is 1.84. The van der Waals surface area contributed by atoms with E-state index in [4.69, 9.17) is 4.74 Å². The van der Waals surface area contributed by atoms with Crippen molar-refractivity contribution in [3.05, 3.63) is 46.4 Å². The van der Waals surface area contributed by atoms with Gasteiger partial charge in [-0.25, -0.2) is 4.98 Å². The highest BCUT2D eigenvalue weighted by atomic mass is 32.1. The van der Waals surface area contributed by atoms with E-state index >= 15 is 0 Å². The largest absolute Gasteiger partial charge is 0.494 e. The topological polar surface area (TPSA) is 42.4 Å². The van der Waals surface area contributed by atoms with Crippen LogP contribution in [-0.4, -0.2) is 36.0 Å². The zero-order valence-electron chi connectivity index (χ0n) is 12.4. The summed E-state index contributed by atoms with van der Waals surface area (Å²) in [5, 5.41) is 3.02. The maximum atomic E-state index is 12.2. The third-order valence-corrected chi connectivity index (χ3v) is 4.00. The van der Waals surface area contributed by atoms with E-state index in [0.29, 0.717) is 19.6 Å². The van der Waals surface area contributed by atoms with Crippen LogP contribution in [0.4, 0.5) is 0 Å². The minimum Gasteiger partial charge on any atom is -0.494 e. The quantitative estimate of drug-likeness (QED) is 0.790. The number of rotatable bonds is 7. The number of carbonyl (C=O) groups excluding carboxylic acids is 1. The third-order valence-electron chi connectivity index (χ3n) is 3.16. The molecule has 2 rings (SSSR count). The van der Waals surface area contributed by atoms with Crippen molar-refractivity contribution < 1.29 is 9.53 Å². The fourth-order valence-corrected chi connectivity index (χ4v) is 2.55. The van der Waals surface area contributed by atoms with Crippen molar-refractivity contribution in [1.29, 1.82) is 0 Å². The van der Waals surface area contributed by atoms with Crippen LogP contribution in [0, 0.1) is 0 Å². The molecule has 0 spiro atoms. The normalized spacial score (nSPS) is 10.4. The Hall–Kier alpha value is -1.88. The first kappa shape index (κ1) is 15.5. The van der Waals surface area contributed by atoms with E-state index in [1.165, 1.54) is 0 Å². The number of nitrogens with zero attached hydrogens (tertiary/aromatic N) is 2. The second-order valence-electron chi connectivity index (χ2n) is 4.74. The van der Waals surface area contributed by atoms with Gasteiger partial charge in [-0.05, 0) is 24.6 Å². The third kappa shape index (κ3) is 4.86. The fourth-order valence-electron chi connectivity index (χ4n) is 1.94. The minimum absolute atomic E-state index is 0.121. The molecule has 0 aliphatic heterocycles. The average molecular weight is 304 g/mol. The van der Waals surface area contributed by atoms with E-state index in [1.54, 1.807) is 22.4 Å². The second kappa shape index (κ2) is 7.78. The van der Waals surface area contributed by atoms with Gasteiger partial charge in [-0.15, -0.1) is 11.3 Å². The van der Waals surface area contributed by atoms with E-state index in [2.05, 4.69) is 4.98 Å². The highest BCUT2D eigenvalue weighted by molar-refractivity contribution is 7.09. The molecule has 0 aliphatic rings. The number of hydrogen-bond acceptors (Lipinski definition) is 4. The minimum atomic E-state index is 0.121. The monoisotopic (exact) mass is 304 g/mol. The number of carbonyl (C=O) groups is 1. The Labute approximate surface area is 129 Å². The molecule has 1 aromatic carbocycles. The van der Waals surface area contributed by atoms with Gasteiger partial charge in [0.1, 0.15) is 5.75 Å². The Morgan fingerprint density at radius 3 is 2.71 bits per heavy atom. The smallest absolute Gasteiger partial charge is 0.226 e. The first-order valence-corrected chi connectivity index (χ1v) is 7.91. The van der Waals surface area contributed by atoms with E-state index in [9.17, 15) is 4.79 Å². The van der Waals surface area contributed by atoms with Crippen molar-refractivity contribution in [3.63, 3.8) is 0 Å². The van der Waals surface area contributed by atoms with Crippen LogP contribution in [0.2, 0.25) is 0 Å². The molecule has 0 aliphatic carbocycles. The lowest BCUT2D eigenvalue weighted by Crippen LogP contribution is -2.30. The summed E-state index contributed by atoms with van der Waals surface area (Å²) in [5.74, 6) is 0.960. The number of likely N-dealkylation sites (N-methyl/N-ethyl adjacent to an activating group) is 1. The number of hydrogen-bond donors (Lipinski definition) is 0. The number of ether oxygens (including phenoxy) is 1. The highest BCUT2D eigenvalue weighted by Gasteiger charge is 2.10. The van der Waals surface area contributed by atoms with Crippen molar-refractivity contribution in [1.82, 2.24) is 9.88 Å². The number of thiazole rings is 1. The molecule has 0 saturated heterocycles. The van der Waals surface area contributed by atoms with Gasteiger partial charge in [-0.3, -0.25) is 4.79 Å². The Bertz CT molecular complexity index is 552. The molecule has 1 heterocycles. The average Bonchev–Trinajstić information content (AvgIpc) is 3.00. The van der Waals surface area contributed by atoms with Crippen molar-refractivity contribution in [2.45, 2.75) is 19.8 Å². The zero-order chi connectivity index (χ0) is 15.1. The van der Waals surface area contributed by atoms with Crippen molar-refractivity contribution in [2.24, 2.45) is 0 Å². The molecule has 4 nitrogen and oxygen atoms in total. The van der Waals surface area contributed by atoms with Gasteiger partial charge in [0.05, 0.1) is 18.0 Å². The molecule has 1 amide bonds. The Balaban J connectivity index is 1.82. The maximum absolute atomic E-state index is 12.2. The molecule has 0 fully saturated rings. The van der Waals surface area contributed by atoms with E-state index in [-0.39, 0.29) is 5.91 Å². The first-order valence-electron chi connectivity index (χ1n) is 7.03. The van der Waals surface area contributed by atoms with Gasteiger partial charge in [0.25, 0.3) is 0 Å². The lowest BCUT2D eigenvalue weighted by atomic mass is 10.1. The molecule has 112 valence electrons. The summed E-state index contributed by atoms with van der Waals surface area (Å²) >= 11 is 1.62. The number of aromatic nitrogens is 1. The number of amides is 1. The summed E-state index contributed by atoms with van der Waals surface area (Å²) < 4.78 is 5.39. The van der Waals surface area contributed by atoms with Gasteiger partial charge in [0.15, 0.2) is 0 Å². The van der Waals surface area contributed by atoms with Gasteiger partial charge in [0.2, 0.25) is 5.91 Å². The maximum Gasteiger partial charge on any atom is 0.226 e. The van der Waals surface area contributed by atoms with E-state index in [1.807, 2.05) is 43.6 Å². The molecule has 0 bridgehead atoms. The summed E-state index contributed by atoms with van der Waals surface area (Å²) in [6, 6.07) is 7.69. The summed E-state index contributed by atoms with van der Waals surface area (Å²) in [4.78, 5) is 18.1. The van der Waals surface area contributed by atoms with Crippen LogP contribution < -0.4 is 4.74 Å². The van der Waals surface area contributed by atoms with E-state index in [0.717, 1.165) is 22.7 Å². The zero-order valence-corrected chi connectivity index (χ0v) is 13.2. The molecular formula is C16H20N2O2S. The van der Waals surface area contributed by atoms with Crippen LogP contribution in [0.1, 0.15) is 17.5 Å². The van der Waals surface area contributed by atoms with Gasteiger partial charge in [-0.1, -0.05) is 12.1 Å². The SMILES string of the molecule is CCOc1ccc(CC(=O)N(C)CCc2nccs2)cc1. The van der Waals surface area contributed by atoms with Crippen LogP contribution in [0.25, 0.3) is 0 Å². The van der Waals surface area contributed by atoms with Crippen LogP contribution in [0.15, 0.2) is 35.8 Å². The van der Waals surface area contributed by atoms with Gasteiger partial charge in [0, 0.05) is 31.6 Å². The van der Waals surface area contributed by atoms with Crippen LogP contribution in [0.3, 0.4) is 0 Å². The molecular weight excluding hydrogens is 284 g/mol. The predicted octanol–water partition coefficient (Wildman–Crippen LogP) is 2.79.